The number of nitrogens with zero attached hydrogens (tertiary/aromatic N) is 2. The van der Waals surface area contributed by atoms with Crippen molar-refractivity contribution in [2.45, 2.75) is 38.5 Å². The molecule has 2 heterocycles. The summed E-state index contributed by atoms with van der Waals surface area (Å²) in [5.74, 6) is -0.0483. The second-order valence-corrected chi connectivity index (χ2v) is 4.78. The van der Waals surface area contributed by atoms with Gasteiger partial charge in [-0.2, -0.15) is 0 Å². The highest BCUT2D eigenvalue weighted by Gasteiger charge is 2.38. The van der Waals surface area contributed by atoms with E-state index in [4.69, 9.17) is 2.74 Å². The van der Waals surface area contributed by atoms with E-state index in [0.29, 0.717) is 19.1 Å². The Morgan fingerprint density at radius 1 is 1.36 bits per heavy atom. The van der Waals surface area contributed by atoms with Gasteiger partial charge in [-0.15, -0.1) is 0 Å². The highest BCUT2D eigenvalue weighted by atomic mass is 16.3. The Balaban J connectivity index is 2.25. The first-order valence-electron chi connectivity index (χ1n) is 6.49. The molecule has 2 saturated heterocycles. The van der Waals surface area contributed by atoms with Crippen molar-refractivity contribution in [3.63, 3.8) is 0 Å². The van der Waals surface area contributed by atoms with Gasteiger partial charge < -0.3 is 10.0 Å². The fraction of sp³-hybridized carbons (Fsp3) is 1.00. The van der Waals surface area contributed by atoms with Crippen molar-refractivity contribution in [3.05, 3.63) is 0 Å². The molecule has 2 unspecified atom stereocenters. The third-order valence-electron chi connectivity index (χ3n) is 3.59. The van der Waals surface area contributed by atoms with Gasteiger partial charge in [-0.3, -0.25) is 4.90 Å². The average Bonchev–Trinajstić information content (AvgIpc) is 2.54. The number of aliphatic hydroxyl groups excluding tert-OH is 1. The molecule has 82 valence electrons. The molecule has 4 atom stereocenters. The molecule has 2 aliphatic heterocycles. The van der Waals surface area contributed by atoms with Crippen LogP contribution in [0.2, 0.25) is 0 Å². The van der Waals surface area contributed by atoms with Gasteiger partial charge in [0.15, 0.2) is 0 Å². The second-order valence-electron chi connectivity index (χ2n) is 4.78. The quantitative estimate of drug-likeness (QED) is 0.613. The van der Waals surface area contributed by atoms with Gasteiger partial charge in [0.2, 0.25) is 0 Å². The number of likely N-dealkylation sites (N-methyl/N-ethyl adjacent to an activating group) is 1. The summed E-state index contributed by atoms with van der Waals surface area (Å²) in [6, 6.07) is 0.483. The predicted molar refractivity (Wildman–Crippen MR) is 57.2 cm³/mol. The van der Waals surface area contributed by atoms with Gasteiger partial charge in [0.25, 0.3) is 0 Å². The minimum atomic E-state index is -1.26. The van der Waals surface area contributed by atoms with Gasteiger partial charge in [-0.1, -0.05) is 6.92 Å². The molecule has 0 saturated carbocycles. The van der Waals surface area contributed by atoms with Crippen molar-refractivity contribution in [3.8, 4) is 0 Å². The van der Waals surface area contributed by atoms with Gasteiger partial charge in [-0.25, -0.2) is 0 Å². The molecular weight excluding hydrogens is 176 g/mol. The van der Waals surface area contributed by atoms with Gasteiger partial charge in [0, 0.05) is 34.4 Å². The van der Waals surface area contributed by atoms with Crippen LogP contribution in [0.3, 0.4) is 0 Å². The lowest BCUT2D eigenvalue weighted by atomic mass is 10.0. The van der Waals surface area contributed by atoms with E-state index in [1.54, 1.807) is 4.90 Å². The van der Waals surface area contributed by atoms with E-state index in [9.17, 15) is 5.11 Å². The molecule has 14 heavy (non-hydrogen) atoms. The zero-order valence-corrected chi connectivity index (χ0v) is 9.27. The second kappa shape index (κ2) is 3.80. The summed E-state index contributed by atoms with van der Waals surface area (Å²) in [7, 11) is 1.84. The summed E-state index contributed by atoms with van der Waals surface area (Å²) in [4.78, 5) is 4.08. The van der Waals surface area contributed by atoms with E-state index < -0.39 is 6.50 Å². The molecule has 2 fully saturated rings. The van der Waals surface area contributed by atoms with Crippen molar-refractivity contribution in [2.24, 2.45) is 5.92 Å². The summed E-state index contributed by atoms with van der Waals surface area (Å²) < 4.78 is 16.3. The Bertz CT molecular complexity index is 275. The summed E-state index contributed by atoms with van der Waals surface area (Å²) in [5.41, 5.74) is 0. The first kappa shape index (κ1) is 8.08. The maximum Gasteiger partial charge on any atom is 0.0682 e. The number of aliphatic hydroxyl groups is 1. The minimum Gasteiger partial charge on any atom is -0.392 e. The van der Waals surface area contributed by atoms with Gasteiger partial charge >= 0.3 is 0 Å². The van der Waals surface area contributed by atoms with E-state index >= 15 is 0 Å². The molecule has 0 spiro atoms. The Hall–Kier alpha value is -0.120. The Kier molecular flexibility index (Phi) is 2.19. The van der Waals surface area contributed by atoms with Crippen LogP contribution in [-0.4, -0.2) is 59.7 Å². The van der Waals surface area contributed by atoms with E-state index in [-0.39, 0.29) is 18.1 Å². The fourth-order valence-electron chi connectivity index (χ4n) is 2.71. The summed E-state index contributed by atoms with van der Waals surface area (Å²) in [6.07, 6.45) is 0.536. The number of hydrogen-bond donors (Lipinski definition) is 1. The molecule has 0 bridgehead atoms. The molecule has 0 aliphatic carbocycles. The standard InChI is InChI=1S/C11H22N2O/c1-8-5-12(3)6-10-4-11(14)7-13(10)9(8)2/h8-11,14H,4-7H2,1-3H3/t8-,9-,10?,11?/m1/s1/i5D2. The first-order chi connectivity index (χ1) is 7.34. The maximum absolute atomic E-state index is 9.72. The first-order valence-corrected chi connectivity index (χ1v) is 5.49. The lowest BCUT2D eigenvalue weighted by Gasteiger charge is -2.30. The van der Waals surface area contributed by atoms with Crippen LogP contribution in [0.4, 0.5) is 0 Å². The molecular formula is C11H22N2O. The molecule has 2 aliphatic rings. The van der Waals surface area contributed by atoms with Crippen molar-refractivity contribution in [1.29, 1.82) is 0 Å². The minimum absolute atomic E-state index is 0.0483. The summed E-state index contributed by atoms with van der Waals surface area (Å²) in [5, 5.41) is 9.72. The lowest BCUT2D eigenvalue weighted by Crippen LogP contribution is -2.41. The predicted octanol–water partition coefficient (Wildman–Crippen LogP) is 0.392. The smallest absolute Gasteiger partial charge is 0.0682 e. The SMILES string of the molecule is [2H]C1([2H])[C@@H](C)[C@@H](C)N2CC(O)CC2CN1C. The fourth-order valence-corrected chi connectivity index (χ4v) is 2.71. The Morgan fingerprint density at radius 3 is 2.79 bits per heavy atom. The largest absolute Gasteiger partial charge is 0.392 e. The average molecular weight is 200 g/mol. The van der Waals surface area contributed by atoms with Crippen LogP contribution in [0.5, 0.6) is 0 Å². The van der Waals surface area contributed by atoms with Gasteiger partial charge in [-0.05, 0) is 26.3 Å². The van der Waals surface area contributed by atoms with Crippen molar-refractivity contribution in [2.75, 3.05) is 26.6 Å². The van der Waals surface area contributed by atoms with Gasteiger partial charge in [0.05, 0.1) is 6.10 Å². The van der Waals surface area contributed by atoms with E-state index in [1.807, 2.05) is 14.0 Å². The van der Waals surface area contributed by atoms with Crippen LogP contribution in [0.15, 0.2) is 0 Å². The Morgan fingerprint density at radius 2 is 2.07 bits per heavy atom. The van der Waals surface area contributed by atoms with Crippen LogP contribution >= 0.6 is 0 Å². The zero-order valence-electron chi connectivity index (χ0n) is 11.3. The molecule has 3 heteroatoms. The molecule has 0 radical (unpaired) electrons. The van der Waals surface area contributed by atoms with E-state index in [0.717, 1.165) is 6.42 Å². The van der Waals surface area contributed by atoms with Crippen molar-refractivity contribution >= 4 is 0 Å². The third-order valence-corrected chi connectivity index (χ3v) is 3.59. The highest BCUT2D eigenvalue weighted by Crippen LogP contribution is 2.27. The van der Waals surface area contributed by atoms with Crippen LogP contribution < -0.4 is 0 Å². The lowest BCUT2D eigenvalue weighted by molar-refractivity contribution is 0.139. The number of hydrogen-bond acceptors (Lipinski definition) is 3. The van der Waals surface area contributed by atoms with Crippen LogP contribution in [-0.2, 0) is 0 Å². The molecule has 0 aromatic carbocycles. The highest BCUT2D eigenvalue weighted by molar-refractivity contribution is 4.93. The molecule has 0 aromatic heterocycles. The summed E-state index contributed by atoms with van der Waals surface area (Å²) in [6.45, 7) is 4.19. The Labute approximate surface area is 89.5 Å². The maximum atomic E-state index is 9.72. The monoisotopic (exact) mass is 200 g/mol. The molecule has 2 rings (SSSR count). The van der Waals surface area contributed by atoms with E-state index in [1.165, 1.54) is 0 Å². The molecule has 3 nitrogen and oxygen atoms in total. The normalized spacial score (nSPS) is 52.0. The molecule has 1 N–H and O–H groups in total. The van der Waals surface area contributed by atoms with Crippen LogP contribution in [0.25, 0.3) is 0 Å². The third kappa shape index (κ3) is 1.81. The number of fused-ring (bicyclic) bond motifs is 1. The van der Waals surface area contributed by atoms with Crippen molar-refractivity contribution < 1.29 is 7.85 Å². The molecule has 0 amide bonds. The topological polar surface area (TPSA) is 26.7 Å². The number of rotatable bonds is 0. The van der Waals surface area contributed by atoms with Crippen LogP contribution in [0.1, 0.15) is 23.0 Å². The zero-order chi connectivity index (χ0) is 12.1. The molecule has 0 aromatic rings. The van der Waals surface area contributed by atoms with Gasteiger partial charge in [0.1, 0.15) is 0 Å². The summed E-state index contributed by atoms with van der Waals surface area (Å²) >= 11 is 0. The van der Waals surface area contributed by atoms with Crippen molar-refractivity contribution in [1.82, 2.24) is 9.80 Å². The van der Waals surface area contributed by atoms with Crippen LogP contribution in [0, 0.1) is 5.92 Å². The van der Waals surface area contributed by atoms with E-state index in [2.05, 4.69) is 11.8 Å².